The van der Waals surface area contributed by atoms with Crippen molar-refractivity contribution >= 4 is 21.6 Å². The minimum atomic E-state index is -3.75. The minimum Gasteiger partial charge on any atom is -0.455 e. The predicted octanol–water partition coefficient (Wildman–Crippen LogP) is 4.38. The molecule has 0 unspecified atom stereocenters. The highest BCUT2D eigenvalue weighted by atomic mass is 32.2. The third-order valence-corrected chi connectivity index (χ3v) is 5.89. The van der Waals surface area contributed by atoms with E-state index in [1.807, 2.05) is 62.4 Å². The number of para-hydroxylation sites is 3. The van der Waals surface area contributed by atoms with Crippen molar-refractivity contribution in [1.82, 2.24) is 5.32 Å². The van der Waals surface area contributed by atoms with Gasteiger partial charge in [-0.05, 0) is 50.1 Å². The van der Waals surface area contributed by atoms with Gasteiger partial charge in [-0.3, -0.25) is 9.10 Å². The Balaban J connectivity index is 1.80. The number of benzene rings is 3. The second-order valence-corrected chi connectivity index (χ2v) is 10.2. The van der Waals surface area contributed by atoms with E-state index in [0.717, 1.165) is 16.1 Å². The van der Waals surface area contributed by atoms with Crippen LogP contribution in [0.15, 0.2) is 84.9 Å². The van der Waals surface area contributed by atoms with Crippen LogP contribution in [0.1, 0.15) is 19.4 Å². The highest BCUT2D eigenvalue weighted by molar-refractivity contribution is 7.92. The fourth-order valence-electron chi connectivity index (χ4n) is 3.44. The number of sulfonamides is 1. The molecule has 3 aromatic rings. The molecule has 3 aromatic carbocycles. The number of carbonyl (C=O) groups excluding carboxylic acids is 1. The van der Waals surface area contributed by atoms with E-state index >= 15 is 0 Å². The zero-order chi connectivity index (χ0) is 23.2. The van der Waals surface area contributed by atoms with Gasteiger partial charge in [-0.2, -0.15) is 0 Å². The lowest BCUT2D eigenvalue weighted by Crippen LogP contribution is -2.50. The Morgan fingerprint density at radius 3 is 2.09 bits per heavy atom. The number of hydrogen-bond acceptors (Lipinski definition) is 4. The molecule has 0 saturated heterocycles. The zero-order valence-corrected chi connectivity index (χ0v) is 19.3. The number of anilines is 1. The number of nitrogens with one attached hydrogen (secondary N) is 1. The van der Waals surface area contributed by atoms with Crippen LogP contribution in [-0.4, -0.2) is 32.7 Å². The summed E-state index contributed by atoms with van der Waals surface area (Å²) in [6.07, 6.45) is 1.70. The third-order valence-electron chi connectivity index (χ3n) is 4.76. The summed E-state index contributed by atoms with van der Waals surface area (Å²) in [5.41, 5.74) is 0.830. The normalized spacial score (nSPS) is 11.6. The molecule has 0 fully saturated rings. The van der Waals surface area contributed by atoms with Crippen LogP contribution in [0, 0.1) is 0 Å². The molecule has 168 valence electrons. The van der Waals surface area contributed by atoms with E-state index < -0.39 is 21.5 Å². The van der Waals surface area contributed by atoms with E-state index in [4.69, 9.17) is 4.74 Å². The summed E-state index contributed by atoms with van der Waals surface area (Å²) in [7, 11) is -3.75. The first-order chi connectivity index (χ1) is 15.1. The quantitative estimate of drug-likeness (QED) is 0.523. The standard InChI is InChI=1S/C25H28N2O4S/c1-25(2,18-20-12-6-4-7-13-20)26-24(28)19-27(32(3,29)30)22-16-10-11-17-23(22)31-21-14-8-5-9-15-21/h4-17H,18-19H2,1-3H3,(H,26,28). The molecule has 0 aliphatic carbocycles. The molecule has 6 nitrogen and oxygen atoms in total. The van der Waals surface area contributed by atoms with E-state index in [-0.39, 0.29) is 6.54 Å². The number of rotatable bonds is 9. The Morgan fingerprint density at radius 2 is 1.47 bits per heavy atom. The average Bonchev–Trinajstić information content (AvgIpc) is 2.72. The second-order valence-electron chi connectivity index (χ2n) is 8.25. The van der Waals surface area contributed by atoms with Crippen LogP contribution in [0.25, 0.3) is 0 Å². The zero-order valence-electron chi connectivity index (χ0n) is 18.5. The van der Waals surface area contributed by atoms with Crippen molar-refractivity contribution in [2.24, 2.45) is 0 Å². The van der Waals surface area contributed by atoms with Crippen LogP contribution < -0.4 is 14.4 Å². The molecule has 0 bridgehead atoms. The number of amides is 1. The Morgan fingerprint density at radius 1 is 0.906 bits per heavy atom. The number of ether oxygens (including phenoxy) is 1. The van der Waals surface area contributed by atoms with Crippen molar-refractivity contribution in [3.63, 3.8) is 0 Å². The van der Waals surface area contributed by atoms with Gasteiger partial charge < -0.3 is 10.1 Å². The SMILES string of the molecule is CC(C)(Cc1ccccc1)NC(=O)CN(c1ccccc1Oc1ccccc1)S(C)(=O)=O. The van der Waals surface area contributed by atoms with Gasteiger partial charge in [-0.25, -0.2) is 8.42 Å². The topological polar surface area (TPSA) is 75.7 Å². The predicted molar refractivity (Wildman–Crippen MR) is 128 cm³/mol. The van der Waals surface area contributed by atoms with Gasteiger partial charge >= 0.3 is 0 Å². The first kappa shape index (κ1) is 23.3. The number of nitrogens with zero attached hydrogens (tertiary/aromatic N) is 1. The summed E-state index contributed by atoms with van der Waals surface area (Å²) in [6.45, 7) is 3.47. The smallest absolute Gasteiger partial charge is 0.241 e. The van der Waals surface area contributed by atoms with Gasteiger partial charge in [0.25, 0.3) is 0 Å². The van der Waals surface area contributed by atoms with Crippen LogP contribution in [0.3, 0.4) is 0 Å². The monoisotopic (exact) mass is 452 g/mol. The van der Waals surface area contributed by atoms with E-state index in [0.29, 0.717) is 23.6 Å². The van der Waals surface area contributed by atoms with Crippen LogP contribution in [0.4, 0.5) is 5.69 Å². The Kier molecular flexibility index (Phi) is 7.20. The average molecular weight is 453 g/mol. The maximum absolute atomic E-state index is 12.9. The molecular weight excluding hydrogens is 424 g/mol. The minimum absolute atomic E-state index is 0.301. The third kappa shape index (κ3) is 6.59. The molecule has 1 amide bonds. The van der Waals surface area contributed by atoms with Crippen molar-refractivity contribution in [3.8, 4) is 11.5 Å². The summed E-state index contributed by atoms with van der Waals surface area (Å²) in [6, 6.07) is 25.7. The van der Waals surface area contributed by atoms with E-state index in [1.165, 1.54) is 0 Å². The maximum atomic E-state index is 12.9. The van der Waals surface area contributed by atoms with Gasteiger partial charge in [0.05, 0.1) is 11.9 Å². The van der Waals surface area contributed by atoms with Crippen molar-refractivity contribution in [1.29, 1.82) is 0 Å². The molecule has 0 aromatic heterocycles. The highest BCUT2D eigenvalue weighted by Gasteiger charge is 2.27. The van der Waals surface area contributed by atoms with Crippen LogP contribution in [0.2, 0.25) is 0 Å². The molecule has 0 aliphatic heterocycles. The van der Waals surface area contributed by atoms with Crippen molar-refractivity contribution < 1.29 is 17.9 Å². The first-order valence-electron chi connectivity index (χ1n) is 10.3. The molecule has 0 saturated carbocycles. The summed E-state index contributed by atoms with van der Waals surface area (Å²) in [5, 5.41) is 2.96. The molecule has 0 radical (unpaired) electrons. The molecule has 7 heteroatoms. The highest BCUT2D eigenvalue weighted by Crippen LogP contribution is 2.33. The molecule has 0 heterocycles. The van der Waals surface area contributed by atoms with Crippen LogP contribution in [0.5, 0.6) is 11.5 Å². The van der Waals surface area contributed by atoms with Crippen LogP contribution in [-0.2, 0) is 21.2 Å². The molecule has 0 spiro atoms. The molecule has 0 aliphatic rings. The van der Waals surface area contributed by atoms with Gasteiger partial charge in [0.2, 0.25) is 15.9 Å². The summed E-state index contributed by atoms with van der Waals surface area (Å²) in [4.78, 5) is 12.9. The largest absolute Gasteiger partial charge is 0.455 e. The lowest BCUT2D eigenvalue weighted by molar-refractivity contribution is -0.121. The lowest BCUT2D eigenvalue weighted by atomic mass is 9.95. The van der Waals surface area contributed by atoms with Gasteiger partial charge in [-0.15, -0.1) is 0 Å². The molecule has 32 heavy (non-hydrogen) atoms. The summed E-state index contributed by atoms with van der Waals surface area (Å²) >= 11 is 0. The second kappa shape index (κ2) is 9.87. The fourth-order valence-corrected chi connectivity index (χ4v) is 4.30. The molecule has 3 rings (SSSR count). The summed E-state index contributed by atoms with van der Waals surface area (Å²) < 4.78 is 32.2. The Labute approximate surface area is 189 Å². The van der Waals surface area contributed by atoms with Gasteiger partial charge in [0.1, 0.15) is 12.3 Å². The van der Waals surface area contributed by atoms with E-state index in [9.17, 15) is 13.2 Å². The van der Waals surface area contributed by atoms with Gasteiger partial charge in [0, 0.05) is 5.54 Å². The lowest BCUT2D eigenvalue weighted by Gasteiger charge is -2.29. The van der Waals surface area contributed by atoms with Crippen LogP contribution >= 0.6 is 0 Å². The van der Waals surface area contributed by atoms with Gasteiger partial charge in [-0.1, -0.05) is 60.7 Å². The van der Waals surface area contributed by atoms with E-state index in [2.05, 4.69) is 5.32 Å². The van der Waals surface area contributed by atoms with E-state index in [1.54, 1.807) is 36.4 Å². The number of carbonyl (C=O) groups is 1. The Bertz CT molecular complexity index is 1150. The Hall–Kier alpha value is -3.32. The fraction of sp³-hybridized carbons (Fsp3) is 0.240. The molecular formula is C25H28N2O4S. The van der Waals surface area contributed by atoms with Crippen molar-refractivity contribution in [3.05, 3.63) is 90.5 Å². The van der Waals surface area contributed by atoms with Gasteiger partial charge in [0.15, 0.2) is 5.75 Å². The van der Waals surface area contributed by atoms with Crippen molar-refractivity contribution in [2.45, 2.75) is 25.8 Å². The maximum Gasteiger partial charge on any atom is 0.241 e. The summed E-state index contributed by atoms with van der Waals surface area (Å²) in [5.74, 6) is 0.521. The molecule has 0 atom stereocenters. The molecule has 1 N–H and O–H groups in total. The number of hydrogen-bond donors (Lipinski definition) is 1. The first-order valence-corrected chi connectivity index (χ1v) is 12.1. The van der Waals surface area contributed by atoms with Crippen molar-refractivity contribution in [2.75, 3.05) is 17.1 Å².